The fourth-order valence-electron chi connectivity index (χ4n) is 1.47. The average Bonchev–Trinajstić information content (AvgIpc) is 2.22. The summed E-state index contributed by atoms with van der Waals surface area (Å²) in [6.07, 6.45) is 0. The van der Waals surface area contributed by atoms with Crippen molar-refractivity contribution < 1.29 is 93.5 Å². The number of rotatable bonds is 11. The van der Waals surface area contributed by atoms with Crippen molar-refractivity contribution in [3.8, 4) is 0 Å². The van der Waals surface area contributed by atoms with Crippen LogP contribution in [0.1, 0.15) is 0 Å². The number of hydrogen-bond acceptors (Lipinski definition) is 8. The predicted octanol–water partition coefficient (Wildman–Crippen LogP) is -9.57. The quantitative estimate of drug-likeness (QED) is 0.303. The molecule has 0 amide bonds. The van der Waals surface area contributed by atoms with Crippen LogP contribution in [0.4, 0.5) is 0 Å². The van der Waals surface area contributed by atoms with Crippen LogP contribution in [0.3, 0.4) is 0 Å². The molecule has 0 radical (unpaired) electrons. The van der Waals surface area contributed by atoms with Crippen LogP contribution in [-0.4, -0.2) is 93.7 Å². The van der Waals surface area contributed by atoms with Crippen molar-refractivity contribution in [2.45, 2.75) is 0 Å². The summed E-state index contributed by atoms with van der Waals surface area (Å²) >= 11 is 0. The van der Waals surface area contributed by atoms with Crippen molar-refractivity contribution in [2.75, 3.05) is 39.3 Å². The van der Waals surface area contributed by atoms with Gasteiger partial charge in [-0.25, -0.2) is 0 Å². The summed E-state index contributed by atoms with van der Waals surface area (Å²) in [6.45, 7) is -2.50. The smallest absolute Gasteiger partial charge is 0.870 e. The topological polar surface area (TPSA) is 189 Å². The molecule has 4 N–H and O–H groups in total. The van der Waals surface area contributed by atoms with Crippen LogP contribution in [0.2, 0.25) is 0 Å². The van der Waals surface area contributed by atoms with Gasteiger partial charge in [0.15, 0.2) is 0 Å². The maximum absolute atomic E-state index is 10.5. The molecule has 122 valence electrons. The summed E-state index contributed by atoms with van der Waals surface area (Å²) in [5, 5.41) is 36.3. The van der Waals surface area contributed by atoms with Gasteiger partial charge in [0.25, 0.3) is 0 Å². The fourth-order valence-corrected chi connectivity index (χ4v) is 1.47. The van der Waals surface area contributed by atoms with Crippen molar-refractivity contribution in [1.82, 2.24) is 9.80 Å². The van der Waals surface area contributed by atoms with Gasteiger partial charge in [0.1, 0.15) is 0 Å². The number of carbonyl (C=O) groups is 4. The van der Waals surface area contributed by atoms with Crippen LogP contribution in [0, 0.1) is 0 Å². The molecule has 11 nitrogen and oxygen atoms in total. The van der Waals surface area contributed by atoms with Crippen molar-refractivity contribution in [1.29, 1.82) is 0 Å². The molecule has 0 saturated heterocycles. The Balaban J connectivity index is -0.000000602. The monoisotopic (exact) mass is 338 g/mol. The number of aliphatic carboxylic acids is 4. The Morgan fingerprint density at radius 2 is 1.00 bits per heavy atom. The van der Waals surface area contributed by atoms with Crippen molar-refractivity contribution in [2.24, 2.45) is 0 Å². The van der Waals surface area contributed by atoms with Gasteiger partial charge in [-0.15, -0.1) is 0 Å². The molecule has 0 bridgehead atoms. The Morgan fingerprint density at radius 3 is 1.22 bits per heavy atom. The zero-order valence-electron chi connectivity index (χ0n) is 13.0. The Morgan fingerprint density at radius 1 is 0.739 bits per heavy atom. The maximum Gasteiger partial charge on any atom is 1.00 e. The van der Waals surface area contributed by atoms with E-state index < -0.39 is 50.1 Å². The summed E-state index contributed by atoms with van der Waals surface area (Å²) in [5.74, 6) is -5.21. The molecular formula is C10H16LiN2NaO9. The molecule has 0 aliphatic carbocycles. The molecule has 0 atom stereocenters. The minimum Gasteiger partial charge on any atom is -0.870 e. The largest absolute Gasteiger partial charge is 1.00 e. The molecule has 23 heavy (non-hydrogen) atoms. The molecule has 0 unspecified atom stereocenters. The molecule has 13 heteroatoms. The molecule has 0 aliphatic heterocycles. The van der Waals surface area contributed by atoms with Crippen molar-refractivity contribution in [3.05, 3.63) is 0 Å². The zero-order chi connectivity index (χ0) is 15.7. The Hall–Kier alpha value is -0.643. The number of carboxylic acid groups (broad SMARTS) is 4. The molecule has 0 rings (SSSR count). The third-order valence-corrected chi connectivity index (χ3v) is 2.16. The Labute approximate surface area is 166 Å². The van der Waals surface area contributed by atoms with Crippen molar-refractivity contribution in [3.63, 3.8) is 0 Å². The first kappa shape index (κ1) is 30.3. The van der Waals surface area contributed by atoms with E-state index in [4.69, 9.17) is 15.3 Å². The Kier molecular flexibility index (Phi) is 21.3. The second kappa shape index (κ2) is 16.2. The van der Waals surface area contributed by atoms with Gasteiger partial charge in [0.05, 0.1) is 25.6 Å². The van der Waals surface area contributed by atoms with E-state index in [0.29, 0.717) is 0 Å². The van der Waals surface area contributed by atoms with E-state index in [1.165, 1.54) is 0 Å². The van der Waals surface area contributed by atoms with Gasteiger partial charge >= 0.3 is 66.3 Å². The van der Waals surface area contributed by atoms with Crippen LogP contribution in [0.5, 0.6) is 0 Å². The summed E-state index contributed by atoms with van der Waals surface area (Å²) in [4.78, 5) is 44.1. The minimum absolute atomic E-state index is 0. The van der Waals surface area contributed by atoms with Crippen LogP contribution in [0.25, 0.3) is 0 Å². The number of nitrogens with zero attached hydrogens (tertiary/aromatic N) is 2. The van der Waals surface area contributed by atoms with E-state index >= 15 is 0 Å². The van der Waals surface area contributed by atoms with Gasteiger partial charge in [-0.1, -0.05) is 0 Å². The number of carboxylic acids is 4. The maximum atomic E-state index is 10.5. The second-order valence-corrected chi connectivity index (χ2v) is 3.97. The molecule has 0 aromatic heterocycles. The number of hydrogen-bond donors (Lipinski definition) is 3. The molecule has 0 heterocycles. The van der Waals surface area contributed by atoms with Crippen LogP contribution in [0.15, 0.2) is 0 Å². The van der Waals surface area contributed by atoms with E-state index in [1.807, 2.05) is 0 Å². The number of carbonyl (C=O) groups excluding carboxylic acids is 1. The first-order valence-corrected chi connectivity index (χ1v) is 5.50. The first-order chi connectivity index (χ1) is 9.20. The van der Waals surface area contributed by atoms with E-state index in [-0.39, 0.29) is 67.0 Å². The normalized spacial score (nSPS) is 9.30. The molecule has 0 aromatic carbocycles. The summed E-state index contributed by atoms with van der Waals surface area (Å²) in [7, 11) is 0. The molecule has 0 aliphatic rings. The molecule has 0 aromatic rings. The predicted molar refractivity (Wildman–Crippen MR) is 62.7 cm³/mol. The molecule has 0 spiro atoms. The van der Waals surface area contributed by atoms with Gasteiger partial charge in [0.2, 0.25) is 0 Å². The zero-order valence-corrected chi connectivity index (χ0v) is 15.0. The SMILES string of the molecule is O=C([O-])CN(CCN(CC(=O)O)CC(=O)O)CC(=O)O.[Li+].[Na+].[OH-]. The molecular weight excluding hydrogens is 322 g/mol. The van der Waals surface area contributed by atoms with E-state index in [9.17, 15) is 24.3 Å². The summed E-state index contributed by atoms with van der Waals surface area (Å²) in [6, 6.07) is 0. The van der Waals surface area contributed by atoms with Gasteiger partial charge in [-0.05, 0) is 0 Å². The van der Waals surface area contributed by atoms with E-state index in [1.54, 1.807) is 0 Å². The first-order valence-electron chi connectivity index (χ1n) is 5.50. The fraction of sp³-hybridized carbons (Fsp3) is 0.600. The summed E-state index contributed by atoms with van der Waals surface area (Å²) in [5.41, 5.74) is 0. The van der Waals surface area contributed by atoms with Gasteiger partial charge < -0.3 is 30.7 Å². The van der Waals surface area contributed by atoms with Crippen LogP contribution in [-0.2, 0) is 19.2 Å². The third-order valence-electron chi connectivity index (χ3n) is 2.16. The summed E-state index contributed by atoms with van der Waals surface area (Å²) < 4.78 is 0. The average molecular weight is 338 g/mol. The van der Waals surface area contributed by atoms with Crippen LogP contribution < -0.4 is 53.5 Å². The molecule has 0 saturated carbocycles. The second-order valence-electron chi connectivity index (χ2n) is 3.97. The van der Waals surface area contributed by atoms with E-state index in [0.717, 1.165) is 9.80 Å². The van der Waals surface area contributed by atoms with Gasteiger partial charge in [-0.2, -0.15) is 0 Å². The van der Waals surface area contributed by atoms with Gasteiger partial charge in [0, 0.05) is 19.6 Å². The van der Waals surface area contributed by atoms with Crippen LogP contribution >= 0.6 is 0 Å². The molecule has 0 fully saturated rings. The standard InChI is InChI=1S/C10H16N2O8.Li.Na.H2O/c13-7(14)3-11(4-8(15)16)1-2-12(5-9(17)18)6-10(19)20;;;/h1-6H2,(H,13,14)(H,15,16)(H,17,18)(H,19,20);;;1H2/q;2*+1;/p-2. The van der Waals surface area contributed by atoms with Gasteiger partial charge in [-0.3, -0.25) is 24.2 Å². The third kappa shape index (κ3) is 19.3. The Bertz CT molecular complexity index is 329. The minimum atomic E-state index is -1.48. The van der Waals surface area contributed by atoms with E-state index in [2.05, 4.69) is 0 Å². The van der Waals surface area contributed by atoms with Crippen molar-refractivity contribution >= 4 is 23.9 Å².